The fourth-order valence-corrected chi connectivity index (χ4v) is 2.08. The van der Waals surface area contributed by atoms with Crippen molar-refractivity contribution in [3.05, 3.63) is 29.8 Å². The molecule has 0 heterocycles. The van der Waals surface area contributed by atoms with E-state index in [1.165, 1.54) is 24.8 Å². The van der Waals surface area contributed by atoms with Crippen molar-refractivity contribution in [1.29, 1.82) is 0 Å². The first-order chi connectivity index (χ1) is 7.57. The van der Waals surface area contributed by atoms with Crippen molar-refractivity contribution in [1.82, 2.24) is 0 Å². The van der Waals surface area contributed by atoms with Gasteiger partial charge in [0.25, 0.3) is 0 Å². The highest BCUT2D eigenvalue weighted by molar-refractivity contribution is 5.38. The van der Waals surface area contributed by atoms with Gasteiger partial charge in [-0.05, 0) is 35.8 Å². The predicted molar refractivity (Wildman–Crippen MR) is 68.0 cm³/mol. The number of benzene rings is 1. The van der Waals surface area contributed by atoms with Crippen LogP contribution in [0.25, 0.3) is 0 Å². The van der Waals surface area contributed by atoms with Crippen LogP contribution in [0.5, 0.6) is 5.75 Å². The number of rotatable bonds is 3. The molecule has 0 N–H and O–H groups in total. The van der Waals surface area contributed by atoms with Crippen LogP contribution in [0.2, 0.25) is 0 Å². The summed E-state index contributed by atoms with van der Waals surface area (Å²) in [5, 5.41) is 0. The van der Waals surface area contributed by atoms with Crippen molar-refractivity contribution in [3.8, 4) is 5.75 Å². The fraction of sp³-hybridized carbons (Fsp3) is 0.600. The predicted octanol–water partition coefficient (Wildman–Crippen LogP) is 4.16. The van der Waals surface area contributed by atoms with Gasteiger partial charge in [0.1, 0.15) is 5.75 Å². The minimum atomic E-state index is 0.163. The molecule has 1 aromatic carbocycles. The SMILES string of the molecule is CC(C)(C)c1ccccc1OCC1CCC1. The van der Waals surface area contributed by atoms with Gasteiger partial charge in [0, 0.05) is 0 Å². The average Bonchev–Trinajstić information content (AvgIpc) is 2.14. The Morgan fingerprint density at radius 3 is 2.44 bits per heavy atom. The van der Waals surface area contributed by atoms with Crippen molar-refractivity contribution in [3.63, 3.8) is 0 Å². The van der Waals surface area contributed by atoms with E-state index in [1.54, 1.807) is 0 Å². The monoisotopic (exact) mass is 218 g/mol. The summed E-state index contributed by atoms with van der Waals surface area (Å²) in [6.45, 7) is 7.60. The maximum Gasteiger partial charge on any atom is 0.123 e. The van der Waals surface area contributed by atoms with Gasteiger partial charge in [-0.25, -0.2) is 0 Å². The van der Waals surface area contributed by atoms with E-state index in [1.807, 2.05) is 0 Å². The van der Waals surface area contributed by atoms with E-state index in [0.29, 0.717) is 0 Å². The first kappa shape index (κ1) is 11.5. The van der Waals surface area contributed by atoms with Gasteiger partial charge in [0.2, 0.25) is 0 Å². The molecule has 1 fully saturated rings. The first-order valence-electron chi connectivity index (χ1n) is 6.29. The molecule has 0 bridgehead atoms. The molecule has 1 nitrogen and oxygen atoms in total. The van der Waals surface area contributed by atoms with Crippen LogP contribution in [0.15, 0.2) is 24.3 Å². The quantitative estimate of drug-likeness (QED) is 0.740. The zero-order valence-electron chi connectivity index (χ0n) is 10.6. The molecule has 1 aliphatic carbocycles. The first-order valence-corrected chi connectivity index (χ1v) is 6.29. The molecule has 0 atom stereocenters. The van der Waals surface area contributed by atoms with E-state index in [-0.39, 0.29) is 5.41 Å². The Bertz CT molecular complexity index is 345. The Hall–Kier alpha value is -0.980. The summed E-state index contributed by atoms with van der Waals surface area (Å²) >= 11 is 0. The van der Waals surface area contributed by atoms with Crippen LogP contribution < -0.4 is 4.74 Å². The van der Waals surface area contributed by atoms with Gasteiger partial charge >= 0.3 is 0 Å². The molecule has 0 saturated heterocycles. The molecule has 0 amide bonds. The van der Waals surface area contributed by atoms with E-state index in [0.717, 1.165) is 18.3 Å². The Kier molecular flexibility index (Phi) is 3.22. The van der Waals surface area contributed by atoms with E-state index >= 15 is 0 Å². The van der Waals surface area contributed by atoms with Crippen molar-refractivity contribution in [2.45, 2.75) is 45.4 Å². The van der Waals surface area contributed by atoms with Crippen LogP contribution in [0, 0.1) is 5.92 Å². The standard InChI is InChI=1S/C15H22O/c1-15(2,3)13-9-4-5-10-14(13)16-11-12-7-6-8-12/h4-5,9-10,12H,6-8,11H2,1-3H3. The third kappa shape index (κ3) is 2.58. The maximum atomic E-state index is 5.97. The second kappa shape index (κ2) is 4.48. The zero-order valence-corrected chi connectivity index (χ0v) is 10.6. The largest absolute Gasteiger partial charge is 0.493 e. The summed E-state index contributed by atoms with van der Waals surface area (Å²) in [6.07, 6.45) is 4.07. The molecule has 1 aromatic rings. The molecular formula is C15H22O. The molecule has 0 spiro atoms. The number of hydrogen-bond donors (Lipinski definition) is 0. The van der Waals surface area contributed by atoms with Crippen molar-refractivity contribution >= 4 is 0 Å². The molecule has 88 valence electrons. The van der Waals surface area contributed by atoms with Gasteiger partial charge in [-0.1, -0.05) is 45.4 Å². The smallest absolute Gasteiger partial charge is 0.123 e. The molecule has 1 aliphatic rings. The Labute approximate surface area is 98.8 Å². The van der Waals surface area contributed by atoms with Crippen LogP contribution in [-0.2, 0) is 5.41 Å². The topological polar surface area (TPSA) is 9.23 Å². The van der Waals surface area contributed by atoms with E-state index in [2.05, 4.69) is 45.0 Å². The summed E-state index contributed by atoms with van der Waals surface area (Å²) in [5.74, 6) is 1.87. The van der Waals surface area contributed by atoms with Crippen LogP contribution in [0.1, 0.15) is 45.6 Å². The van der Waals surface area contributed by atoms with Crippen LogP contribution in [-0.4, -0.2) is 6.61 Å². The minimum Gasteiger partial charge on any atom is -0.493 e. The molecule has 0 radical (unpaired) electrons. The Balaban J connectivity index is 2.06. The summed E-state index contributed by atoms with van der Waals surface area (Å²) in [5.41, 5.74) is 1.48. The molecular weight excluding hydrogens is 196 g/mol. The average molecular weight is 218 g/mol. The van der Waals surface area contributed by atoms with Gasteiger partial charge in [0.05, 0.1) is 6.61 Å². The molecule has 0 aliphatic heterocycles. The van der Waals surface area contributed by atoms with Gasteiger partial charge < -0.3 is 4.74 Å². The number of ether oxygens (including phenoxy) is 1. The lowest BCUT2D eigenvalue weighted by Gasteiger charge is -2.27. The summed E-state index contributed by atoms with van der Waals surface area (Å²) in [7, 11) is 0. The summed E-state index contributed by atoms with van der Waals surface area (Å²) in [4.78, 5) is 0. The number of hydrogen-bond acceptors (Lipinski definition) is 1. The van der Waals surface area contributed by atoms with Gasteiger partial charge in [-0.15, -0.1) is 0 Å². The molecule has 2 rings (SSSR count). The third-order valence-corrected chi connectivity index (χ3v) is 3.39. The van der Waals surface area contributed by atoms with Gasteiger partial charge in [-0.2, -0.15) is 0 Å². The molecule has 0 aromatic heterocycles. The fourth-order valence-electron chi connectivity index (χ4n) is 2.08. The second-order valence-electron chi connectivity index (χ2n) is 5.85. The van der Waals surface area contributed by atoms with E-state index in [4.69, 9.17) is 4.74 Å². The Morgan fingerprint density at radius 2 is 1.88 bits per heavy atom. The number of para-hydroxylation sites is 1. The van der Waals surface area contributed by atoms with Crippen molar-refractivity contribution in [2.24, 2.45) is 5.92 Å². The normalized spacial score (nSPS) is 16.9. The highest BCUT2D eigenvalue weighted by Gasteiger charge is 2.21. The lowest BCUT2D eigenvalue weighted by atomic mass is 9.85. The molecule has 0 unspecified atom stereocenters. The van der Waals surface area contributed by atoms with Crippen molar-refractivity contribution < 1.29 is 4.74 Å². The molecule has 1 heteroatoms. The lowest BCUT2D eigenvalue weighted by Crippen LogP contribution is -2.21. The van der Waals surface area contributed by atoms with Crippen molar-refractivity contribution in [2.75, 3.05) is 6.61 Å². The summed E-state index contributed by atoms with van der Waals surface area (Å²) in [6, 6.07) is 8.43. The molecule has 16 heavy (non-hydrogen) atoms. The van der Waals surface area contributed by atoms with Crippen LogP contribution in [0.3, 0.4) is 0 Å². The summed E-state index contributed by atoms with van der Waals surface area (Å²) < 4.78 is 5.97. The van der Waals surface area contributed by atoms with E-state index in [9.17, 15) is 0 Å². The lowest BCUT2D eigenvalue weighted by molar-refractivity contribution is 0.178. The van der Waals surface area contributed by atoms with E-state index < -0.39 is 0 Å². The van der Waals surface area contributed by atoms with Gasteiger partial charge in [-0.3, -0.25) is 0 Å². The zero-order chi connectivity index (χ0) is 11.6. The highest BCUT2D eigenvalue weighted by Crippen LogP contribution is 2.33. The second-order valence-corrected chi connectivity index (χ2v) is 5.85. The Morgan fingerprint density at radius 1 is 1.19 bits per heavy atom. The third-order valence-electron chi connectivity index (χ3n) is 3.39. The van der Waals surface area contributed by atoms with Crippen LogP contribution in [0.4, 0.5) is 0 Å². The van der Waals surface area contributed by atoms with Crippen LogP contribution >= 0.6 is 0 Å². The highest BCUT2D eigenvalue weighted by atomic mass is 16.5. The van der Waals surface area contributed by atoms with Gasteiger partial charge in [0.15, 0.2) is 0 Å². The molecule has 1 saturated carbocycles. The minimum absolute atomic E-state index is 0.163. The maximum absolute atomic E-state index is 5.97.